The molecule has 0 atom stereocenters. The molecule has 84 valence electrons. The first-order valence-electron chi connectivity index (χ1n) is 4.64. The Labute approximate surface area is 93.3 Å². The molecule has 0 unspecified atom stereocenters. The molecule has 3 N–H and O–H groups in total. The molecule has 0 aliphatic rings. The van der Waals surface area contributed by atoms with Gasteiger partial charge >= 0.3 is 0 Å². The molecule has 0 radical (unpaired) electrons. The molecule has 1 aromatic carbocycles. The number of phenolic OH excluding ortho intramolecular Hbond substituents is 1. The first kappa shape index (κ1) is 12.1. The highest BCUT2D eigenvalue weighted by atomic mass is 35.5. The molecule has 0 saturated carbocycles. The van der Waals surface area contributed by atoms with E-state index in [9.17, 15) is 5.11 Å². The topological polar surface area (TPSA) is 63.9 Å². The lowest BCUT2D eigenvalue weighted by Crippen LogP contribution is -2.29. The van der Waals surface area contributed by atoms with Gasteiger partial charge in [-0.1, -0.05) is 11.6 Å². The quantitative estimate of drug-likeness (QED) is 0.703. The lowest BCUT2D eigenvalue weighted by Gasteiger charge is -2.23. The second-order valence-electron chi connectivity index (χ2n) is 3.07. The van der Waals surface area contributed by atoms with Crippen LogP contribution in [0.25, 0.3) is 0 Å². The number of aliphatic hydroxyl groups is 2. The Morgan fingerprint density at radius 2 is 1.73 bits per heavy atom. The summed E-state index contributed by atoms with van der Waals surface area (Å²) in [5.74, 6) is 0.0942. The molecule has 15 heavy (non-hydrogen) atoms. The molecule has 0 fully saturated rings. The minimum absolute atomic E-state index is 0.0167. The number of hydrogen-bond acceptors (Lipinski definition) is 4. The molecule has 0 saturated heterocycles. The molecule has 0 aliphatic heterocycles. The van der Waals surface area contributed by atoms with E-state index in [1.165, 1.54) is 12.1 Å². The number of aliphatic hydroxyl groups excluding tert-OH is 2. The molecule has 0 heterocycles. The Balaban J connectivity index is 2.89. The van der Waals surface area contributed by atoms with Gasteiger partial charge < -0.3 is 20.2 Å². The maximum absolute atomic E-state index is 9.18. The van der Waals surface area contributed by atoms with E-state index in [0.717, 1.165) is 0 Å². The van der Waals surface area contributed by atoms with Crippen LogP contribution in [0.2, 0.25) is 5.02 Å². The standard InChI is InChI=1S/C10H14ClNO3/c11-9-7-8(15)1-2-10(9)12(3-5-13)4-6-14/h1-2,7,13-15H,3-6H2. The van der Waals surface area contributed by atoms with E-state index in [-0.39, 0.29) is 19.0 Å². The lowest BCUT2D eigenvalue weighted by molar-refractivity contribution is 0.281. The third-order valence-electron chi connectivity index (χ3n) is 2.01. The van der Waals surface area contributed by atoms with E-state index < -0.39 is 0 Å². The van der Waals surface area contributed by atoms with Crippen LogP contribution >= 0.6 is 11.6 Å². The van der Waals surface area contributed by atoms with Gasteiger partial charge in [0, 0.05) is 19.2 Å². The summed E-state index contributed by atoms with van der Waals surface area (Å²) in [4.78, 5) is 1.75. The summed E-state index contributed by atoms with van der Waals surface area (Å²) in [6.45, 7) is 0.754. The maximum Gasteiger partial charge on any atom is 0.117 e. The lowest BCUT2D eigenvalue weighted by atomic mass is 10.2. The summed E-state index contributed by atoms with van der Waals surface area (Å²) < 4.78 is 0. The fraction of sp³-hybridized carbons (Fsp3) is 0.400. The number of aromatic hydroxyl groups is 1. The van der Waals surface area contributed by atoms with Crippen molar-refractivity contribution in [2.75, 3.05) is 31.2 Å². The van der Waals surface area contributed by atoms with Gasteiger partial charge in [-0.25, -0.2) is 0 Å². The predicted molar refractivity (Wildman–Crippen MR) is 59.5 cm³/mol. The van der Waals surface area contributed by atoms with Crippen LogP contribution < -0.4 is 4.90 Å². The van der Waals surface area contributed by atoms with Gasteiger partial charge in [-0.05, 0) is 12.1 Å². The zero-order valence-corrected chi connectivity index (χ0v) is 8.98. The Morgan fingerprint density at radius 1 is 1.13 bits per heavy atom. The van der Waals surface area contributed by atoms with Gasteiger partial charge in [0.25, 0.3) is 0 Å². The molecule has 1 rings (SSSR count). The van der Waals surface area contributed by atoms with Gasteiger partial charge in [-0.15, -0.1) is 0 Å². The zero-order chi connectivity index (χ0) is 11.3. The highest BCUT2D eigenvalue weighted by molar-refractivity contribution is 6.33. The summed E-state index contributed by atoms with van der Waals surface area (Å²) in [5.41, 5.74) is 0.692. The normalized spacial score (nSPS) is 10.3. The van der Waals surface area contributed by atoms with Gasteiger partial charge in [-0.3, -0.25) is 0 Å². The average Bonchev–Trinajstić information content (AvgIpc) is 2.17. The second-order valence-corrected chi connectivity index (χ2v) is 3.48. The van der Waals surface area contributed by atoms with Gasteiger partial charge in [0.1, 0.15) is 5.75 Å². The molecule has 1 aromatic rings. The van der Waals surface area contributed by atoms with Crippen molar-refractivity contribution in [3.05, 3.63) is 23.2 Å². The van der Waals surface area contributed by atoms with E-state index >= 15 is 0 Å². The van der Waals surface area contributed by atoms with Gasteiger partial charge in [0.05, 0.1) is 23.9 Å². The summed E-state index contributed by atoms with van der Waals surface area (Å²) in [5, 5.41) is 27.3. The van der Waals surface area contributed by atoms with Gasteiger partial charge in [0.15, 0.2) is 0 Å². The second kappa shape index (κ2) is 5.80. The monoisotopic (exact) mass is 231 g/mol. The predicted octanol–water partition coefficient (Wildman–Crippen LogP) is 0.837. The number of nitrogens with zero attached hydrogens (tertiary/aromatic N) is 1. The van der Waals surface area contributed by atoms with Crippen molar-refractivity contribution in [2.24, 2.45) is 0 Å². The number of halogens is 1. The van der Waals surface area contributed by atoms with Crippen LogP contribution in [0.4, 0.5) is 5.69 Å². The molecule has 0 aromatic heterocycles. The van der Waals surface area contributed by atoms with Crippen molar-refractivity contribution in [2.45, 2.75) is 0 Å². The fourth-order valence-electron chi connectivity index (χ4n) is 1.35. The van der Waals surface area contributed by atoms with E-state index in [1.54, 1.807) is 11.0 Å². The van der Waals surface area contributed by atoms with Crippen LogP contribution in [0.1, 0.15) is 0 Å². The van der Waals surface area contributed by atoms with Crippen molar-refractivity contribution >= 4 is 17.3 Å². The van der Waals surface area contributed by atoms with E-state index in [1.807, 2.05) is 0 Å². The number of anilines is 1. The number of hydrogen-bond donors (Lipinski definition) is 3. The Bertz CT molecular complexity index is 314. The molecule has 0 amide bonds. The number of benzene rings is 1. The molecule has 0 aliphatic carbocycles. The Hall–Kier alpha value is -0.970. The van der Waals surface area contributed by atoms with Crippen LogP contribution in [0, 0.1) is 0 Å². The van der Waals surface area contributed by atoms with Crippen LogP contribution in [-0.4, -0.2) is 41.6 Å². The van der Waals surface area contributed by atoms with Gasteiger partial charge in [-0.2, -0.15) is 0 Å². The number of phenols is 1. The Morgan fingerprint density at radius 3 is 2.20 bits per heavy atom. The van der Waals surface area contributed by atoms with Crippen molar-refractivity contribution in [3.8, 4) is 5.75 Å². The fourth-order valence-corrected chi connectivity index (χ4v) is 1.64. The minimum Gasteiger partial charge on any atom is -0.508 e. The van der Waals surface area contributed by atoms with E-state index in [0.29, 0.717) is 23.8 Å². The third-order valence-corrected chi connectivity index (χ3v) is 2.31. The number of rotatable bonds is 5. The smallest absolute Gasteiger partial charge is 0.117 e. The SMILES string of the molecule is OCCN(CCO)c1ccc(O)cc1Cl. The minimum atomic E-state index is -0.0167. The zero-order valence-electron chi connectivity index (χ0n) is 8.23. The molecule has 5 heteroatoms. The van der Waals surface area contributed by atoms with Gasteiger partial charge in [0.2, 0.25) is 0 Å². The summed E-state index contributed by atoms with van der Waals surface area (Å²) in [7, 11) is 0. The first-order chi connectivity index (χ1) is 7.19. The molecule has 0 bridgehead atoms. The summed E-state index contributed by atoms with van der Waals surface area (Å²) in [6.07, 6.45) is 0. The highest BCUT2D eigenvalue weighted by Crippen LogP contribution is 2.28. The highest BCUT2D eigenvalue weighted by Gasteiger charge is 2.09. The van der Waals surface area contributed by atoms with Crippen molar-refractivity contribution in [3.63, 3.8) is 0 Å². The van der Waals surface area contributed by atoms with Crippen LogP contribution in [-0.2, 0) is 0 Å². The molecular formula is C10H14ClNO3. The van der Waals surface area contributed by atoms with E-state index in [2.05, 4.69) is 0 Å². The summed E-state index contributed by atoms with van der Waals surface area (Å²) in [6, 6.07) is 4.60. The first-order valence-corrected chi connectivity index (χ1v) is 5.02. The third kappa shape index (κ3) is 3.27. The molecule has 0 spiro atoms. The largest absolute Gasteiger partial charge is 0.508 e. The van der Waals surface area contributed by atoms with E-state index in [4.69, 9.17) is 21.8 Å². The van der Waals surface area contributed by atoms with Crippen molar-refractivity contribution in [1.29, 1.82) is 0 Å². The van der Waals surface area contributed by atoms with Crippen molar-refractivity contribution < 1.29 is 15.3 Å². The molecule has 4 nitrogen and oxygen atoms in total. The van der Waals surface area contributed by atoms with Crippen LogP contribution in [0.5, 0.6) is 5.75 Å². The Kier molecular flexibility index (Phi) is 4.68. The summed E-state index contributed by atoms with van der Waals surface area (Å²) >= 11 is 5.93. The average molecular weight is 232 g/mol. The van der Waals surface area contributed by atoms with Crippen molar-refractivity contribution in [1.82, 2.24) is 0 Å². The van der Waals surface area contributed by atoms with Crippen LogP contribution in [0.15, 0.2) is 18.2 Å². The van der Waals surface area contributed by atoms with Crippen LogP contribution in [0.3, 0.4) is 0 Å². The maximum atomic E-state index is 9.18. The molecular weight excluding hydrogens is 218 g/mol.